The van der Waals surface area contributed by atoms with E-state index in [9.17, 15) is 9.18 Å². The molecule has 0 aliphatic heterocycles. The van der Waals surface area contributed by atoms with Gasteiger partial charge in [0.05, 0.1) is 13.7 Å². The van der Waals surface area contributed by atoms with Gasteiger partial charge in [0.15, 0.2) is 11.3 Å². The molecule has 0 radical (unpaired) electrons. The van der Waals surface area contributed by atoms with Gasteiger partial charge in [-0.3, -0.25) is 0 Å². The van der Waals surface area contributed by atoms with Crippen LogP contribution in [0.5, 0.6) is 5.75 Å². The molecule has 0 fully saturated rings. The van der Waals surface area contributed by atoms with Crippen LogP contribution in [0.3, 0.4) is 0 Å². The number of ether oxygens (including phenoxy) is 2. The third kappa shape index (κ3) is 1.92. The van der Waals surface area contributed by atoms with Gasteiger partial charge >= 0.3 is 5.97 Å². The Balaban J connectivity index is 2.27. The standard InChI is InChI=1S/C14H11FO4S/c1-3-18-14(16)11-4-7-8-5-12(15)19-13(8)9(17-2)6-10(7)20-11/h4-6H,3H2,1-2H3. The van der Waals surface area contributed by atoms with Crippen molar-refractivity contribution in [1.29, 1.82) is 0 Å². The van der Waals surface area contributed by atoms with Crippen molar-refractivity contribution in [2.24, 2.45) is 0 Å². The largest absolute Gasteiger partial charge is 0.493 e. The van der Waals surface area contributed by atoms with Gasteiger partial charge in [0.2, 0.25) is 0 Å². The van der Waals surface area contributed by atoms with Gasteiger partial charge in [-0.1, -0.05) is 0 Å². The molecule has 0 bridgehead atoms. The first-order chi connectivity index (χ1) is 9.63. The fourth-order valence-electron chi connectivity index (χ4n) is 2.11. The Bertz CT molecular complexity index is 802. The number of hydrogen-bond donors (Lipinski definition) is 0. The molecule has 0 N–H and O–H groups in total. The zero-order chi connectivity index (χ0) is 14.3. The number of halogens is 1. The van der Waals surface area contributed by atoms with Crippen LogP contribution in [0.2, 0.25) is 0 Å². The molecule has 0 aliphatic rings. The van der Waals surface area contributed by atoms with Crippen molar-refractivity contribution >= 4 is 38.4 Å². The highest BCUT2D eigenvalue weighted by Crippen LogP contribution is 2.39. The molecule has 1 aromatic carbocycles. The molecule has 0 atom stereocenters. The lowest BCUT2D eigenvalue weighted by molar-refractivity contribution is 0.0532. The van der Waals surface area contributed by atoms with E-state index in [1.54, 1.807) is 19.1 Å². The van der Waals surface area contributed by atoms with Gasteiger partial charge in [-0.05, 0) is 13.0 Å². The number of thiophene rings is 1. The molecule has 0 aliphatic carbocycles. The van der Waals surface area contributed by atoms with Crippen molar-refractivity contribution in [1.82, 2.24) is 0 Å². The molecule has 4 nitrogen and oxygen atoms in total. The number of fused-ring (bicyclic) bond motifs is 3. The Hall–Kier alpha value is -2.08. The van der Waals surface area contributed by atoms with Crippen LogP contribution in [-0.4, -0.2) is 19.7 Å². The lowest BCUT2D eigenvalue weighted by Crippen LogP contribution is -2.01. The minimum Gasteiger partial charge on any atom is -0.493 e. The van der Waals surface area contributed by atoms with Gasteiger partial charge < -0.3 is 13.9 Å². The molecule has 0 spiro atoms. The van der Waals surface area contributed by atoms with E-state index < -0.39 is 6.01 Å². The molecular formula is C14H11FO4S. The fourth-order valence-corrected chi connectivity index (χ4v) is 3.11. The predicted molar refractivity (Wildman–Crippen MR) is 74.1 cm³/mol. The smallest absolute Gasteiger partial charge is 0.348 e. The summed E-state index contributed by atoms with van der Waals surface area (Å²) in [5.74, 6) is 0.0541. The van der Waals surface area contributed by atoms with Gasteiger partial charge in [-0.2, -0.15) is 4.39 Å². The molecule has 2 heterocycles. The third-order valence-corrected chi connectivity index (χ3v) is 4.00. The Morgan fingerprint density at radius 3 is 2.85 bits per heavy atom. The van der Waals surface area contributed by atoms with Crippen LogP contribution < -0.4 is 4.74 Å². The van der Waals surface area contributed by atoms with E-state index in [0.717, 1.165) is 10.1 Å². The molecule has 0 unspecified atom stereocenters. The van der Waals surface area contributed by atoms with Crippen molar-refractivity contribution in [3.05, 3.63) is 29.1 Å². The van der Waals surface area contributed by atoms with E-state index in [4.69, 9.17) is 13.9 Å². The van der Waals surface area contributed by atoms with E-state index >= 15 is 0 Å². The summed E-state index contributed by atoms with van der Waals surface area (Å²) in [5, 5.41) is 1.34. The Morgan fingerprint density at radius 2 is 2.15 bits per heavy atom. The number of esters is 1. The maximum absolute atomic E-state index is 13.3. The first-order valence-corrected chi connectivity index (χ1v) is 6.82. The van der Waals surface area contributed by atoms with Crippen molar-refractivity contribution in [2.45, 2.75) is 6.92 Å². The summed E-state index contributed by atoms with van der Waals surface area (Å²) >= 11 is 1.28. The zero-order valence-corrected chi connectivity index (χ0v) is 11.7. The lowest BCUT2D eigenvalue weighted by Gasteiger charge is -2.00. The number of methoxy groups -OCH3 is 1. The Morgan fingerprint density at radius 1 is 1.35 bits per heavy atom. The highest BCUT2D eigenvalue weighted by molar-refractivity contribution is 7.21. The van der Waals surface area contributed by atoms with Crippen molar-refractivity contribution in [3.63, 3.8) is 0 Å². The minimum absolute atomic E-state index is 0.312. The molecule has 104 valence electrons. The Labute approximate surface area is 117 Å². The van der Waals surface area contributed by atoms with E-state index in [0.29, 0.717) is 28.2 Å². The van der Waals surface area contributed by atoms with Crippen LogP contribution in [0.1, 0.15) is 16.6 Å². The number of furan rings is 1. The normalized spacial score (nSPS) is 11.2. The maximum Gasteiger partial charge on any atom is 0.348 e. The van der Waals surface area contributed by atoms with Gasteiger partial charge in [0, 0.05) is 27.6 Å². The molecule has 3 aromatic rings. The van der Waals surface area contributed by atoms with Crippen LogP contribution >= 0.6 is 11.3 Å². The first-order valence-electron chi connectivity index (χ1n) is 6.00. The van der Waals surface area contributed by atoms with Crippen molar-refractivity contribution < 1.29 is 23.1 Å². The number of carbonyl (C=O) groups is 1. The third-order valence-electron chi connectivity index (χ3n) is 2.94. The molecule has 2 aromatic heterocycles. The number of hydrogen-bond acceptors (Lipinski definition) is 5. The summed E-state index contributed by atoms with van der Waals surface area (Å²) < 4.78 is 29.3. The Kier molecular flexibility index (Phi) is 3.10. The van der Waals surface area contributed by atoms with Crippen LogP contribution in [0.15, 0.2) is 22.6 Å². The average molecular weight is 294 g/mol. The van der Waals surface area contributed by atoms with Gasteiger partial charge in [0.25, 0.3) is 6.01 Å². The van der Waals surface area contributed by atoms with Crippen LogP contribution in [-0.2, 0) is 4.74 Å². The number of benzene rings is 1. The molecule has 0 amide bonds. The maximum atomic E-state index is 13.3. The van der Waals surface area contributed by atoms with E-state index in [-0.39, 0.29) is 5.97 Å². The number of carbonyl (C=O) groups excluding carboxylic acids is 1. The van der Waals surface area contributed by atoms with Crippen molar-refractivity contribution in [2.75, 3.05) is 13.7 Å². The van der Waals surface area contributed by atoms with E-state index in [1.807, 2.05) is 0 Å². The summed E-state index contributed by atoms with van der Waals surface area (Å²) in [7, 11) is 1.49. The van der Waals surface area contributed by atoms with Gasteiger partial charge in [-0.25, -0.2) is 4.79 Å². The highest BCUT2D eigenvalue weighted by atomic mass is 32.1. The molecule has 20 heavy (non-hydrogen) atoms. The second kappa shape index (κ2) is 4.79. The SMILES string of the molecule is CCOC(=O)c1cc2c(cc(OC)c3oc(F)cc32)s1. The van der Waals surface area contributed by atoms with Crippen LogP contribution in [0.4, 0.5) is 4.39 Å². The van der Waals surface area contributed by atoms with Crippen molar-refractivity contribution in [3.8, 4) is 5.75 Å². The quantitative estimate of drug-likeness (QED) is 0.686. The minimum atomic E-state index is -0.685. The molecular weight excluding hydrogens is 283 g/mol. The average Bonchev–Trinajstić information content (AvgIpc) is 3.00. The van der Waals surface area contributed by atoms with Crippen LogP contribution in [0.25, 0.3) is 21.1 Å². The summed E-state index contributed by atoms with van der Waals surface area (Å²) in [5.41, 5.74) is 0.339. The molecule has 6 heteroatoms. The monoisotopic (exact) mass is 294 g/mol. The second-order valence-corrected chi connectivity index (χ2v) is 5.20. The van der Waals surface area contributed by atoms with E-state index in [1.165, 1.54) is 24.5 Å². The zero-order valence-electron chi connectivity index (χ0n) is 10.9. The summed E-state index contributed by atoms with van der Waals surface area (Å²) in [6.07, 6.45) is 0. The van der Waals surface area contributed by atoms with Crippen LogP contribution in [0, 0.1) is 6.01 Å². The molecule has 3 rings (SSSR count). The highest BCUT2D eigenvalue weighted by Gasteiger charge is 2.18. The van der Waals surface area contributed by atoms with E-state index in [2.05, 4.69) is 0 Å². The number of rotatable bonds is 3. The summed E-state index contributed by atoms with van der Waals surface area (Å²) in [6.45, 7) is 2.06. The van der Waals surface area contributed by atoms with Gasteiger partial charge in [0.1, 0.15) is 4.88 Å². The molecule has 0 saturated heterocycles. The topological polar surface area (TPSA) is 48.7 Å². The fraction of sp³-hybridized carbons (Fsp3) is 0.214. The molecule has 0 saturated carbocycles. The summed E-state index contributed by atoms with van der Waals surface area (Å²) in [6, 6.07) is 4.03. The second-order valence-electron chi connectivity index (χ2n) is 4.12. The predicted octanol–water partition coefficient (Wildman–Crippen LogP) is 3.97. The first kappa shape index (κ1) is 12.9. The summed E-state index contributed by atoms with van der Waals surface area (Å²) in [4.78, 5) is 12.2. The lowest BCUT2D eigenvalue weighted by atomic mass is 10.1. The van der Waals surface area contributed by atoms with Gasteiger partial charge in [-0.15, -0.1) is 11.3 Å².